The summed E-state index contributed by atoms with van der Waals surface area (Å²) in [5.41, 5.74) is 3.61. The maximum atomic E-state index is 13.3. The van der Waals surface area contributed by atoms with Gasteiger partial charge in [-0.3, -0.25) is 9.59 Å². The molecule has 38 heavy (non-hydrogen) atoms. The minimum Gasteiger partial charge on any atom is -0.426 e. The molecule has 0 saturated carbocycles. The van der Waals surface area contributed by atoms with Gasteiger partial charge in [-0.25, -0.2) is 4.68 Å². The van der Waals surface area contributed by atoms with E-state index in [1.807, 2.05) is 66.9 Å². The highest BCUT2D eigenvalue weighted by Gasteiger charge is 2.17. The van der Waals surface area contributed by atoms with Gasteiger partial charge in [0, 0.05) is 28.7 Å². The normalized spacial score (nSPS) is 11.8. The zero-order chi connectivity index (χ0) is 26.2. The molecule has 0 saturated heterocycles. The van der Waals surface area contributed by atoms with Crippen molar-refractivity contribution in [2.45, 2.75) is 6.92 Å². The molecule has 8 nitrogen and oxygen atoms in total. The second kappa shape index (κ2) is 9.81. The molecule has 0 bridgehead atoms. The van der Waals surface area contributed by atoms with E-state index in [0.717, 1.165) is 27.0 Å². The Bertz CT molecular complexity index is 1910. The van der Waals surface area contributed by atoms with Gasteiger partial charge in [-0.1, -0.05) is 69.7 Å². The van der Waals surface area contributed by atoms with Crippen LogP contribution in [0.4, 0.5) is 0 Å². The number of esters is 1. The van der Waals surface area contributed by atoms with Gasteiger partial charge in [0.15, 0.2) is 5.82 Å². The summed E-state index contributed by atoms with van der Waals surface area (Å²) in [5, 5.41) is 9.25. The van der Waals surface area contributed by atoms with Crippen LogP contribution in [0.5, 0.6) is 5.75 Å². The fourth-order valence-electron chi connectivity index (χ4n) is 4.02. The molecule has 3 aromatic heterocycles. The van der Waals surface area contributed by atoms with Crippen molar-refractivity contribution in [2.75, 3.05) is 0 Å². The first-order valence-corrected chi connectivity index (χ1v) is 13.2. The average molecular weight is 584 g/mol. The van der Waals surface area contributed by atoms with E-state index < -0.39 is 5.97 Å². The molecule has 0 spiro atoms. The van der Waals surface area contributed by atoms with E-state index in [1.165, 1.54) is 22.8 Å². The van der Waals surface area contributed by atoms with Gasteiger partial charge in [0.05, 0.1) is 21.5 Å². The van der Waals surface area contributed by atoms with Gasteiger partial charge in [-0.15, -0.1) is 5.10 Å². The predicted octanol–water partition coefficient (Wildman–Crippen LogP) is 4.91. The number of nitrogens with zero attached hydrogens (tertiary/aromatic N) is 5. The van der Waals surface area contributed by atoms with Crippen LogP contribution in [0.15, 0.2) is 94.3 Å². The summed E-state index contributed by atoms with van der Waals surface area (Å²) >= 11 is 4.72. The second-order valence-electron chi connectivity index (χ2n) is 8.36. The summed E-state index contributed by atoms with van der Waals surface area (Å²) in [4.78, 5) is 29.8. The molecule has 0 radical (unpaired) electrons. The van der Waals surface area contributed by atoms with Crippen molar-refractivity contribution in [2.24, 2.45) is 0 Å². The highest BCUT2D eigenvalue weighted by molar-refractivity contribution is 9.10. The predicted molar refractivity (Wildman–Crippen MR) is 149 cm³/mol. The Hall–Kier alpha value is -4.41. The zero-order valence-corrected chi connectivity index (χ0v) is 22.3. The molecule has 0 unspecified atom stereocenters. The molecule has 0 fully saturated rings. The van der Waals surface area contributed by atoms with E-state index in [2.05, 4.69) is 26.0 Å². The highest BCUT2D eigenvalue weighted by Crippen LogP contribution is 2.28. The third-order valence-electron chi connectivity index (χ3n) is 5.73. The number of fused-ring (bicyclic) bond motifs is 1. The van der Waals surface area contributed by atoms with Crippen LogP contribution in [0, 0.1) is 0 Å². The van der Waals surface area contributed by atoms with Crippen molar-refractivity contribution in [1.82, 2.24) is 24.4 Å². The third-order valence-corrected chi connectivity index (χ3v) is 7.22. The Balaban J connectivity index is 1.46. The number of thiazole rings is 1. The summed E-state index contributed by atoms with van der Waals surface area (Å²) in [6.45, 7) is 1.33. The Morgan fingerprint density at radius 2 is 1.71 bits per heavy atom. The SMILES string of the molecule is CC(=O)Oc1ccccc1-c1nc2s/c(=C/c3cn(-c4ccccc4)nc3-c3ccc(Br)cc3)c(=O)n2n1. The van der Waals surface area contributed by atoms with Gasteiger partial charge in [-0.2, -0.15) is 14.6 Å². The second-order valence-corrected chi connectivity index (χ2v) is 10.3. The Labute approximate surface area is 228 Å². The van der Waals surface area contributed by atoms with Crippen molar-refractivity contribution >= 4 is 44.3 Å². The van der Waals surface area contributed by atoms with E-state index in [1.54, 1.807) is 28.9 Å². The Kier molecular flexibility index (Phi) is 6.18. The van der Waals surface area contributed by atoms with Gasteiger partial charge >= 0.3 is 5.97 Å². The maximum absolute atomic E-state index is 13.3. The number of carbonyl (C=O) groups is 1. The topological polar surface area (TPSA) is 91.4 Å². The fraction of sp³-hybridized carbons (Fsp3) is 0.0357. The third kappa shape index (κ3) is 4.55. The van der Waals surface area contributed by atoms with Crippen LogP contribution in [0.3, 0.4) is 0 Å². The molecule has 6 aromatic rings. The molecule has 3 aromatic carbocycles. The number of hydrogen-bond donors (Lipinski definition) is 0. The average Bonchev–Trinajstić information content (AvgIpc) is 3.60. The van der Waals surface area contributed by atoms with Crippen LogP contribution >= 0.6 is 27.3 Å². The lowest BCUT2D eigenvalue weighted by Crippen LogP contribution is -2.23. The number of hydrogen-bond acceptors (Lipinski definition) is 7. The summed E-state index contributed by atoms with van der Waals surface area (Å²) < 4.78 is 9.80. The van der Waals surface area contributed by atoms with Gasteiger partial charge in [-0.05, 0) is 42.5 Å². The van der Waals surface area contributed by atoms with Crippen LogP contribution in [0.1, 0.15) is 12.5 Å². The molecule has 6 rings (SSSR count). The summed E-state index contributed by atoms with van der Waals surface area (Å²) in [7, 11) is 0. The summed E-state index contributed by atoms with van der Waals surface area (Å²) in [6, 6.07) is 24.6. The van der Waals surface area contributed by atoms with Crippen molar-refractivity contribution in [1.29, 1.82) is 0 Å². The van der Waals surface area contributed by atoms with Crippen molar-refractivity contribution < 1.29 is 9.53 Å². The molecule has 186 valence electrons. The number of para-hydroxylation sites is 2. The molecule has 0 N–H and O–H groups in total. The standard InChI is InChI=1S/C28H18BrN5O3S/c1-17(35)37-23-10-6-5-9-22(23)26-30-28-34(32-26)27(36)24(38-28)15-19-16-33(21-7-3-2-4-8-21)31-25(19)18-11-13-20(29)14-12-18/h2-16H,1H3/b24-15+. The Morgan fingerprint density at radius 1 is 0.974 bits per heavy atom. The van der Waals surface area contributed by atoms with Crippen LogP contribution in [0.25, 0.3) is 39.4 Å². The van der Waals surface area contributed by atoms with Crippen molar-refractivity contribution in [3.05, 3.63) is 110 Å². The molecule has 0 atom stereocenters. The van der Waals surface area contributed by atoms with Gasteiger partial charge in [0.25, 0.3) is 5.56 Å². The molecule has 0 amide bonds. The number of ether oxygens (including phenoxy) is 1. The van der Waals surface area contributed by atoms with Crippen LogP contribution < -0.4 is 14.8 Å². The quantitative estimate of drug-likeness (QED) is 0.211. The van der Waals surface area contributed by atoms with E-state index in [-0.39, 0.29) is 5.56 Å². The zero-order valence-electron chi connectivity index (χ0n) is 19.9. The smallest absolute Gasteiger partial charge is 0.308 e. The maximum Gasteiger partial charge on any atom is 0.308 e. The van der Waals surface area contributed by atoms with Crippen molar-refractivity contribution in [3.8, 4) is 34.1 Å². The van der Waals surface area contributed by atoms with Crippen LogP contribution in [0.2, 0.25) is 0 Å². The number of halogens is 1. The van der Waals surface area contributed by atoms with Crippen molar-refractivity contribution in [3.63, 3.8) is 0 Å². The number of aromatic nitrogens is 5. The monoisotopic (exact) mass is 583 g/mol. The first-order chi connectivity index (χ1) is 18.5. The van der Waals surface area contributed by atoms with Gasteiger partial charge < -0.3 is 4.74 Å². The lowest BCUT2D eigenvalue weighted by molar-refractivity contribution is -0.131. The molecule has 0 aliphatic carbocycles. The first-order valence-electron chi connectivity index (χ1n) is 11.6. The van der Waals surface area contributed by atoms with Gasteiger partial charge in [0.1, 0.15) is 5.75 Å². The van der Waals surface area contributed by atoms with E-state index in [0.29, 0.717) is 26.6 Å². The van der Waals surface area contributed by atoms with E-state index in [9.17, 15) is 9.59 Å². The van der Waals surface area contributed by atoms with Gasteiger partial charge in [0.2, 0.25) is 4.96 Å². The lowest BCUT2D eigenvalue weighted by atomic mass is 10.1. The van der Waals surface area contributed by atoms with Crippen LogP contribution in [-0.4, -0.2) is 30.3 Å². The number of rotatable bonds is 5. The van der Waals surface area contributed by atoms with E-state index >= 15 is 0 Å². The first kappa shape index (κ1) is 24.0. The lowest BCUT2D eigenvalue weighted by Gasteiger charge is -2.04. The summed E-state index contributed by atoms with van der Waals surface area (Å²) in [6.07, 6.45) is 3.72. The summed E-state index contributed by atoms with van der Waals surface area (Å²) in [5.74, 6) is 0.201. The minimum absolute atomic E-state index is 0.289. The largest absolute Gasteiger partial charge is 0.426 e. The molecular formula is C28H18BrN5O3S. The fourth-order valence-corrected chi connectivity index (χ4v) is 5.19. The Morgan fingerprint density at radius 3 is 2.45 bits per heavy atom. The molecule has 3 heterocycles. The molecule has 10 heteroatoms. The van der Waals surface area contributed by atoms with E-state index in [4.69, 9.17) is 9.84 Å². The van der Waals surface area contributed by atoms with Crippen LogP contribution in [-0.2, 0) is 4.79 Å². The molecule has 0 aliphatic heterocycles. The number of carbonyl (C=O) groups excluding carboxylic acids is 1. The molecule has 0 aliphatic rings. The number of benzene rings is 3. The minimum atomic E-state index is -0.447. The molecular weight excluding hydrogens is 566 g/mol. The highest BCUT2D eigenvalue weighted by atomic mass is 79.9.